The lowest BCUT2D eigenvalue weighted by Crippen LogP contribution is -2.35. The van der Waals surface area contributed by atoms with Crippen molar-refractivity contribution in [2.75, 3.05) is 32.1 Å². The van der Waals surface area contributed by atoms with Crippen LogP contribution in [0.3, 0.4) is 0 Å². The van der Waals surface area contributed by atoms with Crippen molar-refractivity contribution in [3.8, 4) is 11.5 Å². The minimum Gasteiger partial charge on any atom is -0.495 e. The number of hydrogen-bond donors (Lipinski definition) is 1. The number of carbonyl (C=O) groups excluding carboxylic acids is 1. The van der Waals surface area contributed by atoms with Crippen LogP contribution >= 0.6 is 0 Å². The highest BCUT2D eigenvalue weighted by molar-refractivity contribution is 7.89. The number of hydrogen-bond acceptors (Lipinski definition) is 7. The van der Waals surface area contributed by atoms with E-state index in [0.717, 1.165) is 24.8 Å². The first-order chi connectivity index (χ1) is 15.2. The SMILES string of the molecule is COc1ccc(NC(=O)COc2cc(C)ccc2[N+](=O)[O-])cc1S(=O)(=O)N1CCCCC1. The maximum absolute atomic E-state index is 13.1. The Morgan fingerprint density at radius 3 is 2.50 bits per heavy atom. The van der Waals surface area contributed by atoms with Gasteiger partial charge in [-0.1, -0.05) is 12.5 Å². The Balaban J connectivity index is 1.75. The number of nitrogens with zero attached hydrogens (tertiary/aromatic N) is 2. The minimum atomic E-state index is -3.79. The fourth-order valence-corrected chi connectivity index (χ4v) is 5.13. The van der Waals surface area contributed by atoms with Crippen LogP contribution in [0, 0.1) is 17.0 Å². The number of ether oxygens (including phenoxy) is 2. The van der Waals surface area contributed by atoms with Crippen molar-refractivity contribution in [2.24, 2.45) is 0 Å². The first-order valence-electron chi connectivity index (χ1n) is 10.1. The summed E-state index contributed by atoms with van der Waals surface area (Å²) >= 11 is 0. The standard InChI is InChI=1S/C21H25N3O7S/c1-15-6-8-17(24(26)27)19(12-15)31-14-21(25)22-16-7-9-18(30-2)20(13-16)32(28,29)23-10-4-3-5-11-23/h6-9,12-13H,3-5,10-11,14H2,1-2H3,(H,22,25). The lowest BCUT2D eigenvalue weighted by atomic mass is 10.2. The Bertz CT molecular complexity index is 1110. The van der Waals surface area contributed by atoms with Crippen LogP contribution in [-0.2, 0) is 14.8 Å². The summed E-state index contributed by atoms with van der Waals surface area (Å²) in [5.74, 6) is -0.430. The van der Waals surface area contributed by atoms with Crippen LogP contribution in [0.1, 0.15) is 24.8 Å². The molecule has 32 heavy (non-hydrogen) atoms. The molecule has 1 aliphatic heterocycles. The maximum atomic E-state index is 13.1. The average Bonchev–Trinajstić information content (AvgIpc) is 2.78. The van der Waals surface area contributed by atoms with Crippen LogP contribution in [0.15, 0.2) is 41.3 Å². The number of carbonyl (C=O) groups is 1. The minimum absolute atomic E-state index is 0.0201. The first-order valence-corrected chi connectivity index (χ1v) is 11.5. The molecule has 1 heterocycles. The molecule has 1 N–H and O–H groups in total. The zero-order valence-corrected chi connectivity index (χ0v) is 18.7. The number of piperidine rings is 1. The molecule has 0 unspecified atom stereocenters. The summed E-state index contributed by atoms with van der Waals surface area (Å²) in [6.45, 7) is 2.14. The number of anilines is 1. The van der Waals surface area contributed by atoms with Gasteiger partial charge < -0.3 is 14.8 Å². The third-order valence-electron chi connectivity index (χ3n) is 5.05. The topological polar surface area (TPSA) is 128 Å². The Morgan fingerprint density at radius 2 is 1.84 bits per heavy atom. The number of rotatable bonds is 8. The summed E-state index contributed by atoms with van der Waals surface area (Å²) in [5, 5.41) is 13.7. The highest BCUT2D eigenvalue weighted by Gasteiger charge is 2.29. The Labute approximate surface area is 186 Å². The first kappa shape index (κ1) is 23.5. The van der Waals surface area contributed by atoms with Gasteiger partial charge in [0.25, 0.3) is 5.91 Å². The number of methoxy groups -OCH3 is 1. The fourth-order valence-electron chi connectivity index (χ4n) is 3.43. The van der Waals surface area contributed by atoms with Gasteiger partial charge in [-0.3, -0.25) is 14.9 Å². The van der Waals surface area contributed by atoms with Crippen LogP contribution in [-0.4, -0.2) is 50.4 Å². The van der Waals surface area contributed by atoms with Crippen LogP contribution in [0.25, 0.3) is 0 Å². The smallest absolute Gasteiger partial charge is 0.310 e. The summed E-state index contributed by atoms with van der Waals surface area (Å²) in [6, 6.07) is 8.69. The predicted molar refractivity (Wildman–Crippen MR) is 118 cm³/mol. The van der Waals surface area contributed by atoms with Crippen molar-refractivity contribution < 1.29 is 27.6 Å². The summed E-state index contributed by atoms with van der Waals surface area (Å²) in [7, 11) is -2.41. The molecule has 0 aliphatic carbocycles. The summed E-state index contributed by atoms with van der Waals surface area (Å²) < 4.78 is 38.2. The summed E-state index contributed by atoms with van der Waals surface area (Å²) in [5.41, 5.74) is 0.741. The molecule has 1 aliphatic rings. The van der Waals surface area contributed by atoms with Crippen molar-refractivity contribution in [2.45, 2.75) is 31.1 Å². The second-order valence-electron chi connectivity index (χ2n) is 7.40. The lowest BCUT2D eigenvalue weighted by molar-refractivity contribution is -0.385. The zero-order chi connectivity index (χ0) is 23.3. The van der Waals surface area contributed by atoms with E-state index in [1.807, 2.05) is 0 Å². The summed E-state index contributed by atoms with van der Waals surface area (Å²) in [4.78, 5) is 22.9. The molecule has 172 valence electrons. The van der Waals surface area contributed by atoms with Gasteiger partial charge in [-0.2, -0.15) is 4.31 Å². The third kappa shape index (κ3) is 5.35. The van der Waals surface area contributed by atoms with Gasteiger partial charge in [-0.05, 0) is 49.6 Å². The predicted octanol–water partition coefficient (Wildman–Crippen LogP) is 3.10. The highest BCUT2D eigenvalue weighted by Crippen LogP contribution is 2.31. The molecule has 10 nitrogen and oxygen atoms in total. The van der Waals surface area contributed by atoms with Gasteiger partial charge in [0.2, 0.25) is 10.0 Å². The van der Waals surface area contributed by atoms with E-state index in [1.165, 1.54) is 41.7 Å². The second-order valence-corrected chi connectivity index (χ2v) is 9.30. The van der Waals surface area contributed by atoms with Gasteiger partial charge in [0.1, 0.15) is 10.6 Å². The molecule has 0 aromatic heterocycles. The molecule has 11 heteroatoms. The number of nitro groups is 1. The van der Waals surface area contributed by atoms with Crippen molar-refractivity contribution in [1.82, 2.24) is 4.31 Å². The van der Waals surface area contributed by atoms with E-state index in [4.69, 9.17) is 9.47 Å². The van der Waals surface area contributed by atoms with Gasteiger partial charge in [-0.15, -0.1) is 0 Å². The van der Waals surface area contributed by atoms with Crippen LogP contribution in [0.2, 0.25) is 0 Å². The molecule has 0 bridgehead atoms. The molecule has 1 fully saturated rings. The number of nitro benzene ring substituents is 1. The Morgan fingerprint density at radius 1 is 1.12 bits per heavy atom. The van der Waals surface area contributed by atoms with Gasteiger partial charge in [-0.25, -0.2) is 8.42 Å². The summed E-state index contributed by atoms with van der Waals surface area (Å²) in [6.07, 6.45) is 2.57. The molecule has 0 atom stereocenters. The quantitative estimate of drug-likeness (QED) is 0.470. The number of nitrogens with one attached hydrogen (secondary N) is 1. The monoisotopic (exact) mass is 463 g/mol. The van der Waals surface area contributed by atoms with Crippen molar-refractivity contribution in [1.29, 1.82) is 0 Å². The maximum Gasteiger partial charge on any atom is 0.310 e. The van der Waals surface area contributed by atoms with E-state index >= 15 is 0 Å². The van der Waals surface area contributed by atoms with Crippen molar-refractivity contribution in [3.05, 3.63) is 52.1 Å². The van der Waals surface area contributed by atoms with E-state index in [1.54, 1.807) is 13.0 Å². The largest absolute Gasteiger partial charge is 0.495 e. The molecule has 0 saturated carbocycles. The molecule has 0 spiro atoms. The fraction of sp³-hybridized carbons (Fsp3) is 0.381. The number of benzene rings is 2. The average molecular weight is 464 g/mol. The van der Waals surface area contributed by atoms with Crippen molar-refractivity contribution >= 4 is 27.3 Å². The van der Waals surface area contributed by atoms with E-state index in [2.05, 4.69) is 5.32 Å². The van der Waals surface area contributed by atoms with Gasteiger partial charge in [0.15, 0.2) is 12.4 Å². The molecule has 0 radical (unpaired) electrons. The Kier molecular flexibility index (Phi) is 7.31. The third-order valence-corrected chi connectivity index (χ3v) is 6.97. The van der Waals surface area contributed by atoms with Crippen LogP contribution < -0.4 is 14.8 Å². The number of amides is 1. The zero-order valence-electron chi connectivity index (χ0n) is 17.9. The molecular formula is C21H25N3O7S. The lowest BCUT2D eigenvalue weighted by Gasteiger charge is -2.26. The molecule has 2 aromatic carbocycles. The van der Waals surface area contributed by atoms with E-state index in [-0.39, 0.29) is 27.8 Å². The van der Waals surface area contributed by atoms with Crippen LogP contribution in [0.5, 0.6) is 11.5 Å². The second kappa shape index (κ2) is 9.96. The number of sulfonamides is 1. The molecule has 2 aromatic rings. The molecule has 1 saturated heterocycles. The van der Waals surface area contributed by atoms with Gasteiger partial charge in [0.05, 0.1) is 12.0 Å². The molecular weight excluding hydrogens is 438 g/mol. The molecule has 1 amide bonds. The van der Waals surface area contributed by atoms with Gasteiger partial charge in [0, 0.05) is 24.8 Å². The van der Waals surface area contributed by atoms with Gasteiger partial charge >= 0.3 is 5.69 Å². The Hall–Kier alpha value is -3.18. The van der Waals surface area contributed by atoms with E-state index in [0.29, 0.717) is 13.1 Å². The highest BCUT2D eigenvalue weighted by atomic mass is 32.2. The van der Waals surface area contributed by atoms with Crippen LogP contribution in [0.4, 0.5) is 11.4 Å². The van der Waals surface area contributed by atoms with E-state index < -0.39 is 27.5 Å². The molecule has 3 rings (SSSR count). The normalized spacial score (nSPS) is 14.6. The number of aryl methyl sites for hydroxylation is 1. The van der Waals surface area contributed by atoms with E-state index in [9.17, 15) is 23.3 Å². The van der Waals surface area contributed by atoms with Crippen molar-refractivity contribution in [3.63, 3.8) is 0 Å².